The zero-order chi connectivity index (χ0) is 18.4. The molecule has 3 rings (SSSR count). The van der Waals surface area contributed by atoms with Crippen molar-refractivity contribution in [2.75, 3.05) is 19.8 Å². The van der Waals surface area contributed by atoms with Crippen LogP contribution in [0.4, 0.5) is 0 Å². The predicted octanol–water partition coefficient (Wildman–Crippen LogP) is 4.58. The molecule has 1 aliphatic heterocycles. The first-order valence-electron chi connectivity index (χ1n) is 8.63. The van der Waals surface area contributed by atoms with Crippen LogP contribution in [0.2, 0.25) is 10.0 Å². The lowest BCUT2D eigenvalue weighted by Gasteiger charge is -2.26. The molecule has 1 aliphatic rings. The molecule has 2 aromatic carbocycles. The number of carbonyl (C=O) groups is 1. The van der Waals surface area contributed by atoms with E-state index in [9.17, 15) is 4.79 Å². The van der Waals surface area contributed by atoms with Gasteiger partial charge in [0.1, 0.15) is 5.75 Å². The lowest BCUT2D eigenvalue weighted by molar-refractivity contribution is -0.135. The van der Waals surface area contributed by atoms with Gasteiger partial charge in [0, 0.05) is 24.7 Å². The van der Waals surface area contributed by atoms with Gasteiger partial charge in [-0.1, -0.05) is 47.5 Å². The second-order valence-electron chi connectivity index (χ2n) is 6.25. The van der Waals surface area contributed by atoms with E-state index in [1.165, 1.54) is 0 Å². The second-order valence-corrected chi connectivity index (χ2v) is 7.10. The summed E-state index contributed by atoms with van der Waals surface area (Å²) in [4.78, 5) is 14.5. The van der Waals surface area contributed by atoms with E-state index in [1.807, 2.05) is 36.4 Å². The quantitative estimate of drug-likeness (QED) is 0.690. The van der Waals surface area contributed by atoms with Gasteiger partial charge in [-0.25, -0.2) is 0 Å². The van der Waals surface area contributed by atoms with Crippen LogP contribution in [0.1, 0.15) is 18.4 Å². The van der Waals surface area contributed by atoms with Crippen LogP contribution in [0.3, 0.4) is 0 Å². The van der Waals surface area contributed by atoms with Crippen LogP contribution in [-0.4, -0.2) is 36.7 Å². The molecule has 0 bridgehead atoms. The first-order valence-corrected chi connectivity index (χ1v) is 9.38. The lowest BCUT2D eigenvalue weighted by atomic mass is 10.2. The Morgan fingerprint density at radius 1 is 1.15 bits per heavy atom. The van der Waals surface area contributed by atoms with E-state index >= 15 is 0 Å². The second kappa shape index (κ2) is 9.26. The fourth-order valence-corrected chi connectivity index (χ4v) is 3.21. The molecule has 0 aromatic heterocycles. The topological polar surface area (TPSA) is 38.8 Å². The molecule has 26 heavy (non-hydrogen) atoms. The Labute approximate surface area is 163 Å². The van der Waals surface area contributed by atoms with Gasteiger partial charge in [-0.2, -0.15) is 0 Å². The van der Waals surface area contributed by atoms with Crippen molar-refractivity contribution >= 4 is 29.1 Å². The summed E-state index contributed by atoms with van der Waals surface area (Å²) >= 11 is 12.0. The third kappa shape index (κ3) is 5.37. The Balaban J connectivity index is 1.65. The summed E-state index contributed by atoms with van der Waals surface area (Å²) in [5.41, 5.74) is 1.01. The number of halogens is 2. The van der Waals surface area contributed by atoms with E-state index in [0.29, 0.717) is 28.9 Å². The van der Waals surface area contributed by atoms with E-state index < -0.39 is 0 Å². The van der Waals surface area contributed by atoms with Gasteiger partial charge in [0.2, 0.25) is 0 Å². The lowest BCUT2D eigenvalue weighted by Crippen LogP contribution is -2.39. The number of amides is 1. The minimum absolute atomic E-state index is 0.0654. The van der Waals surface area contributed by atoms with Gasteiger partial charge in [0.05, 0.1) is 11.1 Å². The highest BCUT2D eigenvalue weighted by molar-refractivity contribution is 6.32. The van der Waals surface area contributed by atoms with Crippen molar-refractivity contribution in [2.24, 2.45) is 0 Å². The molecular formula is C20H21Cl2NO3. The fraction of sp³-hybridized carbons (Fsp3) is 0.350. The number of benzene rings is 2. The largest absolute Gasteiger partial charge is 0.482 e. The molecule has 1 atom stereocenters. The van der Waals surface area contributed by atoms with Gasteiger partial charge < -0.3 is 14.4 Å². The van der Waals surface area contributed by atoms with Gasteiger partial charge in [0.25, 0.3) is 5.91 Å². The third-order valence-electron chi connectivity index (χ3n) is 4.28. The van der Waals surface area contributed by atoms with Crippen LogP contribution in [0.15, 0.2) is 48.5 Å². The molecule has 1 saturated heterocycles. The number of para-hydroxylation sites is 1. The highest BCUT2D eigenvalue weighted by atomic mass is 35.5. The maximum Gasteiger partial charge on any atom is 0.260 e. The maximum absolute atomic E-state index is 12.8. The van der Waals surface area contributed by atoms with E-state index in [0.717, 1.165) is 25.0 Å². The molecular weight excluding hydrogens is 373 g/mol. The van der Waals surface area contributed by atoms with E-state index in [1.54, 1.807) is 17.0 Å². The Hall–Kier alpha value is -1.75. The molecule has 0 spiro atoms. The monoisotopic (exact) mass is 393 g/mol. The highest BCUT2D eigenvalue weighted by Crippen LogP contribution is 2.23. The maximum atomic E-state index is 12.8. The molecule has 1 unspecified atom stereocenters. The van der Waals surface area contributed by atoms with Crippen LogP contribution in [-0.2, 0) is 16.1 Å². The van der Waals surface area contributed by atoms with Crippen LogP contribution >= 0.6 is 23.2 Å². The van der Waals surface area contributed by atoms with E-state index in [2.05, 4.69) is 0 Å². The van der Waals surface area contributed by atoms with Gasteiger partial charge >= 0.3 is 0 Å². The zero-order valence-electron chi connectivity index (χ0n) is 14.4. The minimum Gasteiger partial charge on any atom is -0.482 e. The molecule has 2 aromatic rings. The van der Waals surface area contributed by atoms with Crippen LogP contribution in [0.5, 0.6) is 5.75 Å². The molecule has 4 nitrogen and oxygen atoms in total. The normalized spacial score (nSPS) is 16.5. The summed E-state index contributed by atoms with van der Waals surface area (Å²) in [6.07, 6.45) is 2.08. The molecule has 138 valence electrons. The molecule has 6 heteroatoms. The summed E-state index contributed by atoms with van der Waals surface area (Å²) in [6, 6.07) is 14.6. The number of rotatable bonds is 7. The Morgan fingerprint density at radius 3 is 2.62 bits per heavy atom. The number of nitrogens with zero attached hydrogens (tertiary/aromatic N) is 1. The fourth-order valence-electron chi connectivity index (χ4n) is 2.89. The number of hydrogen-bond donors (Lipinski definition) is 0. The predicted molar refractivity (Wildman–Crippen MR) is 103 cm³/mol. The molecule has 0 radical (unpaired) electrons. The van der Waals surface area contributed by atoms with Gasteiger partial charge in [-0.05, 0) is 42.7 Å². The molecule has 1 fully saturated rings. The van der Waals surface area contributed by atoms with Crippen LogP contribution in [0.25, 0.3) is 0 Å². The van der Waals surface area contributed by atoms with E-state index in [4.69, 9.17) is 32.7 Å². The van der Waals surface area contributed by atoms with Gasteiger partial charge in [-0.3, -0.25) is 4.79 Å². The summed E-state index contributed by atoms with van der Waals surface area (Å²) in [7, 11) is 0. The van der Waals surface area contributed by atoms with Crippen molar-refractivity contribution in [1.82, 2.24) is 4.90 Å². The third-order valence-corrected chi connectivity index (χ3v) is 4.84. The molecule has 0 N–H and O–H groups in total. The summed E-state index contributed by atoms with van der Waals surface area (Å²) in [5, 5.41) is 1.16. The minimum atomic E-state index is -0.102. The van der Waals surface area contributed by atoms with Crippen LogP contribution < -0.4 is 4.74 Å². The first kappa shape index (κ1) is 19.0. The van der Waals surface area contributed by atoms with E-state index in [-0.39, 0.29) is 18.6 Å². The number of hydrogen-bond acceptors (Lipinski definition) is 3. The number of ether oxygens (including phenoxy) is 2. The SMILES string of the molecule is O=C(COc1ccccc1Cl)N(Cc1ccc(Cl)cc1)CC1CCCO1. The van der Waals surface area contributed by atoms with Crippen LogP contribution in [0, 0.1) is 0 Å². The van der Waals surface area contributed by atoms with Crippen molar-refractivity contribution in [3.05, 3.63) is 64.1 Å². The highest BCUT2D eigenvalue weighted by Gasteiger charge is 2.23. The molecule has 0 aliphatic carbocycles. The smallest absolute Gasteiger partial charge is 0.260 e. The van der Waals surface area contributed by atoms with Crippen molar-refractivity contribution in [3.63, 3.8) is 0 Å². The standard InChI is InChI=1S/C20H21Cl2NO3/c21-16-9-7-15(8-10-16)12-23(13-17-4-3-11-25-17)20(24)14-26-19-6-2-1-5-18(19)22/h1-2,5-10,17H,3-4,11-14H2. The Kier molecular flexibility index (Phi) is 6.78. The van der Waals surface area contributed by atoms with Gasteiger partial charge in [-0.15, -0.1) is 0 Å². The Morgan fingerprint density at radius 2 is 1.92 bits per heavy atom. The van der Waals surface area contributed by atoms with Gasteiger partial charge in [0.15, 0.2) is 6.61 Å². The molecule has 0 saturated carbocycles. The number of carbonyl (C=O) groups excluding carboxylic acids is 1. The van der Waals surface area contributed by atoms with Crippen molar-refractivity contribution in [1.29, 1.82) is 0 Å². The first-order chi connectivity index (χ1) is 12.6. The summed E-state index contributed by atoms with van der Waals surface area (Å²) in [6.45, 7) is 1.73. The summed E-state index contributed by atoms with van der Waals surface area (Å²) in [5.74, 6) is 0.404. The Bertz CT molecular complexity index is 730. The summed E-state index contributed by atoms with van der Waals surface area (Å²) < 4.78 is 11.3. The average Bonchev–Trinajstić information content (AvgIpc) is 3.15. The molecule has 1 amide bonds. The van der Waals surface area contributed by atoms with Crippen molar-refractivity contribution in [2.45, 2.75) is 25.5 Å². The zero-order valence-corrected chi connectivity index (χ0v) is 15.9. The van der Waals surface area contributed by atoms with Crippen molar-refractivity contribution in [3.8, 4) is 5.75 Å². The van der Waals surface area contributed by atoms with Crippen molar-refractivity contribution < 1.29 is 14.3 Å². The average molecular weight is 394 g/mol. The molecule has 1 heterocycles.